The molecule has 4 rings (SSSR count). The zero-order chi connectivity index (χ0) is 21.3. The quantitative estimate of drug-likeness (QED) is 0.707. The van der Waals surface area contributed by atoms with Gasteiger partial charge in [-0.15, -0.1) is 0 Å². The van der Waals surface area contributed by atoms with Crippen LogP contribution in [0.3, 0.4) is 0 Å². The van der Waals surface area contributed by atoms with Gasteiger partial charge in [0.05, 0.1) is 10.6 Å². The molecule has 2 aliphatic rings. The summed E-state index contributed by atoms with van der Waals surface area (Å²) in [5, 5.41) is 2.74. The van der Waals surface area contributed by atoms with Crippen LogP contribution in [0.25, 0.3) is 0 Å². The number of carbonyl (C=O) groups is 2. The highest BCUT2D eigenvalue weighted by molar-refractivity contribution is 7.92. The van der Waals surface area contributed by atoms with Gasteiger partial charge in [-0.05, 0) is 67.6 Å². The van der Waals surface area contributed by atoms with Gasteiger partial charge in [0.25, 0.3) is 10.0 Å². The fraction of sp³-hybridized carbons (Fsp3) is 0.364. The molecule has 158 valence electrons. The molecule has 1 heterocycles. The van der Waals surface area contributed by atoms with Crippen LogP contribution in [0.4, 0.5) is 17.1 Å². The van der Waals surface area contributed by atoms with Gasteiger partial charge in [0.15, 0.2) is 0 Å². The van der Waals surface area contributed by atoms with E-state index in [0.29, 0.717) is 24.3 Å². The number of anilines is 3. The molecule has 1 aliphatic heterocycles. The largest absolute Gasteiger partial charge is 0.326 e. The normalized spacial score (nSPS) is 15.6. The predicted octanol–water partition coefficient (Wildman–Crippen LogP) is 3.53. The smallest absolute Gasteiger partial charge is 0.261 e. The summed E-state index contributed by atoms with van der Waals surface area (Å²) in [4.78, 5) is 26.0. The van der Waals surface area contributed by atoms with Crippen LogP contribution in [-0.2, 0) is 26.0 Å². The monoisotopic (exact) mass is 427 g/mol. The number of amides is 2. The maximum atomic E-state index is 12.8. The SMILES string of the molecule is CCCC(=O)Nc1ccc(S(=O)(=O)Nc2ccc3c(c2)N(C(=O)C2CC2)CC3)cc1. The lowest BCUT2D eigenvalue weighted by atomic mass is 10.1. The summed E-state index contributed by atoms with van der Waals surface area (Å²) < 4.78 is 28.2. The summed E-state index contributed by atoms with van der Waals surface area (Å²) in [5.74, 6) is 0.150. The Hall–Kier alpha value is -2.87. The standard InChI is InChI=1S/C22H25N3O4S/c1-2-3-21(26)23-17-8-10-19(11-9-17)30(28,29)24-18-7-6-15-12-13-25(20(15)14-18)22(27)16-4-5-16/h6-11,14,16,24H,2-5,12-13H2,1H3,(H,23,26). The van der Waals surface area contributed by atoms with Crippen LogP contribution >= 0.6 is 0 Å². The van der Waals surface area contributed by atoms with Crippen LogP contribution in [-0.4, -0.2) is 26.8 Å². The van der Waals surface area contributed by atoms with Gasteiger partial charge in [0, 0.05) is 30.3 Å². The van der Waals surface area contributed by atoms with Gasteiger partial charge in [-0.1, -0.05) is 13.0 Å². The topological polar surface area (TPSA) is 95.6 Å². The molecule has 2 N–H and O–H groups in total. The second-order valence-electron chi connectivity index (χ2n) is 7.79. The second-order valence-corrected chi connectivity index (χ2v) is 9.47. The van der Waals surface area contributed by atoms with Crippen LogP contribution in [0.2, 0.25) is 0 Å². The molecule has 0 aromatic heterocycles. The van der Waals surface area contributed by atoms with Gasteiger partial charge in [-0.2, -0.15) is 0 Å². The molecule has 0 unspecified atom stereocenters. The molecule has 8 heteroatoms. The number of fused-ring (bicyclic) bond motifs is 1. The summed E-state index contributed by atoms with van der Waals surface area (Å²) >= 11 is 0. The Balaban J connectivity index is 1.49. The van der Waals surface area contributed by atoms with Gasteiger partial charge in [-0.25, -0.2) is 8.42 Å². The Kier molecular flexibility index (Phi) is 5.51. The summed E-state index contributed by atoms with van der Waals surface area (Å²) in [6.45, 7) is 2.56. The van der Waals surface area contributed by atoms with Crippen LogP contribution in [0, 0.1) is 5.92 Å². The van der Waals surface area contributed by atoms with E-state index < -0.39 is 10.0 Å². The van der Waals surface area contributed by atoms with Crippen LogP contribution < -0.4 is 14.9 Å². The molecule has 1 saturated carbocycles. The Morgan fingerprint density at radius 1 is 1.07 bits per heavy atom. The first kappa shape index (κ1) is 20.4. The highest BCUT2D eigenvalue weighted by Gasteiger charge is 2.36. The number of nitrogens with one attached hydrogen (secondary N) is 2. The van der Waals surface area contributed by atoms with E-state index in [9.17, 15) is 18.0 Å². The number of sulfonamides is 1. The molecule has 0 bridgehead atoms. The van der Waals surface area contributed by atoms with E-state index >= 15 is 0 Å². The Bertz CT molecular complexity index is 1080. The van der Waals surface area contributed by atoms with Crippen LogP contribution in [0.1, 0.15) is 38.2 Å². The van der Waals surface area contributed by atoms with Crippen molar-refractivity contribution >= 4 is 38.9 Å². The summed E-state index contributed by atoms with van der Waals surface area (Å²) in [6.07, 6.45) is 3.82. The van der Waals surface area contributed by atoms with Crippen molar-refractivity contribution in [3.8, 4) is 0 Å². The first-order valence-electron chi connectivity index (χ1n) is 10.2. The third kappa shape index (κ3) is 4.33. The fourth-order valence-corrected chi connectivity index (χ4v) is 4.65. The molecule has 1 aliphatic carbocycles. The van der Waals surface area contributed by atoms with Crippen molar-refractivity contribution in [1.82, 2.24) is 0 Å². The highest BCUT2D eigenvalue weighted by atomic mass is 32.2. The highest BCUT2D eigenvalue weighted by Crippen LogP contribution is 2.37. The predicted molar refractivity (Wildman–Crippen MR) is 116 cm³/mol. The first-order chi connectivity index (χ1) is 14.4. The third-order valence-corrected chi connectivity index (χ3v) is 6.75. The molecule has 2 aromatic carbocycles. The van der Waals surface area contributed by atoms with Crippen molar-refractivity contribution in [3.05, 3.63) is 48.0 Å². The minimum absolute atomic E-state index is 0.0994. The van der Waals surface area contributed by atoms with Gasteiger partial charge < -0.3 is 10.2 Å². The number of rotatable bonds is 7. The Morgan fingerprint density at radius 3 is 2.43 bits per heavy atom. The van der Waals surface area contributed by atoms with Crippen LogP contribution in [0.5, 0.6) is 0 Å². The van der Waals surface area contributed by atoms with Gasteiger partial charge in [0.1, 0.15) is 0 Å². The number of benzene rings is 2. The number of nitrogens with zero attached hydrogens (tertiary/aromatic N) is 1. The lowest BCUT2D eigenvalue weighted by Crippen LogP contribution is -2.30. The van der Waals surface area contributed by atoms with Gasteiger partial charge in [0.2, 0.25) is 11.8 Å². The van der Waals surface area contributed by atoms with E-state index in [0.717, 1.165) is 36.9 Å². The molecule has 0 atom stereocenters. The molecule has 7 nitrogen and oxygen atoms in total. The van der Waals surface area contributed by atoms with Crippen molar-refractivity contribution in [3.63, 3.8) is 0 Å². The molecule has 0 radical (unpaired) electrons. The molecule has 2 amide bonds. The lowest BCUT2D eigenvalue weighted by molar-refractivity contribution is -0.119. The molecule has 0 spiro atoms. The van der Waals surface area contributed by atoms with Crippen molar-refractivity contribution in [2.75, 3.05) is 21.5 Å². The van der Waals surface area contributed by atoms with E-state index in [1.54, 1.807) is 29.2 Å². The number of carbonyl (C=O) groups excluding carboxylic acids is 2. The molecule has 1 fully saturated rings. The zero-order valence-corrected chi connectivity index (χ0v) is 17.7. The second kappa shape index (κ2) is 8.10. The van der Waals surface area contributed by atoms with Crippen molar-refractivity contribution in [2.45, 2.75) is 43.9 Å². The summed E-state index contributed by atoms with van der Waals surface area (Å²) in [5.41, 5.74) is 2.82. The maximum absolute atomic E-state index is 12.8. The van der Waals surface area contributed by atoms with E-state index in [4.69, 9.17) is 0 Å². The summed E-state index contributed by atoms with van der Waals surface area (Å²) in [6, 6.07) is 11.4. The molecular weight excluding hydrogens is 402 g/mol. The average molecular weight is 428 g/mol. The summed E-state index contributed by atoms with van der Waals surface area (Å²) in [7, 11) is -3.79. The van der Waals surface area contributed by atoms with Crippen molar-refractivity contribution in [1.29, 1.82) is 0 Å². The molecule has 2 aromatic rings. The van der Waals surface area contributed by atoms with Gasteiger partial charge >= 0.3 is 0 Å². The third-order valence-electron chi connectivity index (χ3n) is 5.35. The van der Waals surface area contributed by atoms with E-state index in [-0.39, 0.29) is 22.6 Å². The molecule has 0 saturated heterocycles. The Labute approximate surface area is 176 Å². The minimum Gasteiger partial charge on any atom is -0.326 e. The van der Waals surface area contributed by atoms with Crippen molar-refractivity contribution in [2.24, 2.45) is 5.92 Å². The van der Waals surface area contributed by atoms with Crippen LogP contribution in [0.15, 0.2) is 47.4 Å². The maximum Gasteiger partial charge on any atom is 0.261 e. The fourth-order valence-electron chi connectivity index (χ4n) is 3.60. The minimum atomic E-state index is -3.79. The molecular formula is C22H25N3O4S. The van der Waals surface area contributed by atoms with E-state index in [1.165, 1.54) is 12.1 Å². The van der Waals surface area contributed by atoms with Crippen molar-refractivity contribution < 1.29 is 18.0 Å². The van der Waals surface area contributed by atoms with E-state index in [2.05, 4.69) is 10.0 Å². The molecule has 30 heavy (non-hydrogen) atoms. The lowest BCUT2D eigenvalue weighted by Gasteiger charge is -2.18. The number of hydrogen-bond acceptors (Lipinski definition) is 4. The first-order valence-corrected chi connectivity index (χ1v) is 11.7. The Morgan fingerprint density at radius 2 is 1.77 bits per heavy atom. The zero-order valence-electron chi connectivity index (χ0n) is 16.8. The number of hydrogen-bond donors (Lipinski definition) is 2. The van der Waals surface area contributed by atoms with Gasteiger partial charge in [-0.3, -0.25) is 14.3 Å². The average Bonchev–Trinajstić information content (AvgIpc) is 3.47. The van der Waals surface area contributed by atoms with E-state index in [1.807, 2.05) is 13.0 Å².